The largest absolute Gasteiger partial charge is 0.465 e. The van der Waals surface area contributed by atoms with Crippen molar-refractivity contribution in [1.82, 2.24) is 0 Å². The van der Waals surface area contributed by atoms with Crippen molar-refractivity contribution in [3.63, 3.8) is 0 Å². The van der Waals surface area contributed by atoms with Crippen LogP contribution in [0.15, 0.2) is 24.3 Å². The average Bonchev–Trinajstić information content (AvgIpc) is 2.39. The zero-order valence-electron chi connectivity index (χ0n) is 10.3. The molecule has 1 heterocycles. The number of halogens is 1. The van der Waals surface area contributed by atoms with E-state index in [0.717, 1.165) is 18.4 Å². The van der Waals surface area contributed by atoms with Crippen LogP contribution in [0.2, 0.25) is 0 Å². The second kappa shape index (κ2) is 6.18. The molecule has 2 rings (SSSR count). The van der Waals surface area contributed by atoms with Gasteiger partial charge < -0.3 is 15.2 Å². The van der Waals surface area contributed by atoms with Crippen LogP contribution in [0.4, 0.5) is 0 Å². The van der Waals surface area contributed by atoms with Crippen LogP contribution in [0.3, 0.4) is 0 Å². The fraction of sp³-hybridized carbons (Fsp3) is 0.462. The molecule has 0 amide bonds. The van der Waals surface area contributed by atoms with Gasteiger partial charge in [0.1, 0.15) is 0 Å². The third-order valence-corrected chi connectivity index (χ3v) is 3.27. The van der Waals surface area contributed by atoms with Gasteiger partial charge in [-0.15, -0.1) is 12.4 Å². The number of carbonyl (C=O) groups excluding carboxylic acids is 1. The molecule has 1 fully saturated rings. The molecule has 4 nitrogen and oxygen atoms in total. The molecule has 0 aliphatic carbocycles. The van der Waals surface area contributed by atoms with Crippen LogP contribution in [0.5, 0.6) is 0 Å². The van der Waals surface area contributed by atoms with E-state index in [-0.39, 0.29) is 23.9 Å². The lowest BCUT2D eigenvalue weighted by Gasteiger charge is -2.33. The number of rotatable bonds is 2. The molecule has 0 bridgehead atoms. The van der Waals surface area contributed by atoms with Gasteiger partial charge >= 0.3 is 5.97 Å². The molecule has 5 heteroatoms. The Kier molecular flexibility index (Phi) is 5.14. The normalized spacial score (nSPS) is 17.7. The maximum absolute atomic E-state index is 11.3. The number of ether oxygens (including phenoxy) is 2. The molecule has 2 N–H and O–H groups in total. The summed E-state index contributed by atoms with van der Waals surface area (Å²) in [5.41, 5.74) is 7.61. The predicted octanol–water partition coefficient (Wildman–Crippen LogP) is 1.86. The molecular weight excluding hydrogens is 254 g/mol. The first-order chi connectivity index (χ1) is 8.15. The minimum atomic E-state index is -0.326. The number of hydrogen-bond donors (Lipinski definition) is 1. The Labute approximate surface area is 113 Å². The van der Waals surface area contributed by atoms with E-state index < -0.39 is 0 Å². The summed E-state index contributed by atoms with van der Waals surface area (Å²) < 4.78 is 9.97. The molecule has 1 saturated heterocycles. The molecule has 100 valence electrons. The highest BCUT2D eigenvalue weighted by Gasteiger charge is 2.29. The van der Waals surface area contributed by atoms with Crippen LogP contribution in [-0.4, -0.2) is 26.3 Å². The number of carbonyl (C=O) groups is 1. The summed E-state index contributed by atoms with van der Waals surface area (Å²) in [5.74, 6) is -0.324. The second-order valence-electron chi connectivity index (χ2n) is 4.34. The van der Waals surface area contributed by atoms with Gasteiger partial charge in [0.15, 0.2) is 0 Å². The lowest BCUT2D eigenvalue weighted by Crippen LogP contribution is -2.42. The zero-order valence-corrected chi connectivity index (χ0v) is 11.2. The quantitative estimate of drug-likeness (QED) is 0.834. The van der Waals surface area contributed by atoms with Crippen LogP contribution in [0.25, 0.3) is 0 Å². The summed E-state index contributed by atoms with van der Waals surface area (Å²) in [4.78, 5) is 11.3. The molecular formula is C13H18ClNO3. The van der Waals surface area contributed by atoms with Crippen molar-refractivity contribution < 1.29 is 14.3 Å². The van der Waals surface area contributed by atoms with Crippen molar-refractivity contribution in [1.29, 1.82) is 0 Å². The highest BCUT2D eigenvalue weighted by atomic mass is 35.5. The van der Waals surface area contributed by atoms with E-state index in [9.17, 15) is 4.79 Å². The minimum absolute atomic E-state index is 0. The maximum Gasteiger partial charge on any atom is 0.337 e. The maximum atomic E-state index is 11.3. The van der Waals surface area contributed by atoms with E-state index >= 15 is 0 Å². The van der Waals surface area contributed by atoms with Gasteiger partial charge in [0.05, 0.1) is 12.7 Å². The van der Waals surface area contributed by atoms with E-state index in [1.165, 1.54) is 7.11 Å². The number of esters is 1. The van der Waals surface area contributed by atoms with Gasteiger partial charge in [0.2, 0.25) is 0 Å². The summed E-state index contributed by atoms with van der Waals surface area (Å²) >= 11 is 0. The first-order valence-electron chi connectivity index (χ1n) is 5.71. The van der Waals surface area contributed by atoms with Crippen molar-refractivity contribution in [2.75, 3.05) is 20.3 Å². The molecule has 0 radical (unpaired) electrons. The molecule has 1 aromatic carbocycles. The topological polar surface area (TPSA) is 61.5 Å². The van der Waals surface area contributed by atoms with Crippen LogP contribution in [0.1, 0.15) is 28.8 Å². The predicted molar refractivity (Wildman–Crippen MR) is 70.9 cm³/mol. The van der Waals surface area contributed by atoms with Gasteiger partial charge in [-0.3, -0.25) is 0 Å². The molecule has 0 atom stereocenters. The fourth-order valence-corrected chi connectivity index (χ4v) is 2.08. The van der Waals surface area contributed by atoms with Crippen molar-refractivity contribution in [3.8, 4) is 0 Å². The van der Waals surface area contributed by atoms with Gasteiger partial charge in [-0.1, -0.05) is 12.1 Å². The third kappa shape index (κ3) is 3.02. The molecule has 1 aliphatic rings. The highest BCUT2D eigenvalue weighted by molar-refractivity contribution is 5.89. The van der Waals surface area contributed by atoms with Gasteiger partial charge in [-0.25, -0.2) is 4.79 Å². The molecule has 1 aromatic rings. The Morgan fingerprint density at radius 1 is 1.28 bits per heavy atom. The van der Waals surface area contributed by atoms with Crippen LogP contribution < -0.4 is 5.73 Å². The Morgan fingerprint density at radius 2 is 1.83 bits per heavy atom. The van der Waals surface area contributed by atoms with Crippen molar-refractivity contribution in [3.05, 3.63) is 35.4 Å². The third-order valence-electron chi connectivity index (χ3n) is 3.27. The summed E-state index contributed by atoms with van der Waals surface area (Å²) in [7, 11) is 1.37. The molecule has 0 spiro atoms. The minimum Gasteiger partial charge on any atom is -0.465 e. The monoisotopic (exact) mass is 271 g/mol. The Bertz CT molecular complexity index is 399. The Morgan fingerprint density at radius 3 is 2.33 bits per heavy atom. The van der Waals surface area contributed by atoms with E-state index in [2.05, 4.69) is 4.74 Å². The number of nitrogens with two attached hydrogens (primary N) is 1. The number of hydrogen-bond acceptors (Lipinski definition) is 4. The van der Waals surface area contributed by atoms with Gasteiger partial charge in [-0.2, -0.15) is 0 Å². The van der Waals surface area contributed by atoms with Gasteiger partial charge in [0.25, 0.3) is 0 Å². The van der Waals surface area contributed by atoms with Gasteiger partial charge in [0, 0.05) is 18.8 Å². The Hall–Kier alpha value is -1.10. The van der Waals surface area contributed by atoms with Crippen molar-refractivity contribution >= 4 is 18.4 Å². The number of methoxy groups -OCH3 is 1. The lowest BCUT2D eigenvalue weighted by atomic mass is 9.83. The summed E-state index contributed by atoms with van der Waals surface area (Å²) in [6.45, 7) is 1.38. The van der Waals surface area contributed by atoms with E-state index in [1.807, 2.05) is 12.1 Å². The van der Waals surface area contributed by atoms with Crippen LogP contribution >= 0.6 is 12.4 Å². The molecule has 18 heavy (non-hydrogen) atoms. The first-order valence-corrected chi connectivity index (χ1v) is 5.71. The summed E-state index contributed by atoms with van der Waals surface area (Å²) in [5, 5.41) is 0. The summed E-state index contributed by atoms with van der Waals surface area (Å²) in [6, 6.07) is 7.31. The number of benzene rings is 1. The lowest BCUT2D eigenvalue weighted by molar-refractivity contribution is 0.0521. The average molecular weight is 272 g/mol. The first kappa shape index (κ1) is 15.0. The van der Waals surface area contributed by atoms with E-state index in [4.69, 9.17) is 10.5 Å². The fourth-order valence-electron chi connectivity index (χ4n) is 2.08. The van der Waals surface area contributed by atoms with Gasteiger partial charge in [-0.05, 0) is 30.5 Å². The van der Waals surface area contributed by atoms with Crippen LogP contribution in [0, 0.1) is 0 Å². The van der Waals surface area contributed by atoms with E-state index in [1.54, 1.807) is 12.1 Å². The zero-order chi connectivity index (χ0) is 12.3. The summed E-state index contributed by atoms with van der Waals surface area (Å²) in [6.07, 6.45) is 1.62. The van der Waals surface area contributed by atoms with Crippen LogP contribution in [-0.2, 0) is 15.0 Å². The SMILES string of the molecule is COC(=O)c1ccc(C2(N)CCOCC2)cc1.Cl. The van der Waals surface area contributed by atoms with Crippen molar-refractivity contribution in [2.24, 2.45) is 5.73 Å². The molecule has 0 aromatic heterocycles. The Balaban J connectivity index is 0.00000162. The molecule has 0 saturated carbocycles. The molecule has 0 unspecified atom stereocenters. The standard InChI is InChI=1S/C13H17NO3.ClH/c1-16-12(15)10-2-4-11(5-3-10)13(14)6-8-17-9-7-13;/h2-5H,6-9,14H2,1H3;1H. The smallest absolute Gasteiger partial charge is 0.337 e. The van der Waals surface area contributed by atoms with Crippen molar-refractivity contribution in [2.45, 2.75) is 18.4 Å². The molecule has 1 aliphatic heterocycles. The second-order valence-corrected chi connectivity index (χ2v) is 4.34. The van der Waals surface area contributed by atoms with E-state index in [0.29, 0.717) is 18.8 Å². The highest BCUT2D eigenvalue weighted by Crippen LogP contribution is 2.29.